The number of rotatable bonds is 2. The van der Waals surface area contributed by atoms with Gasteiger partial charge in [0.1, 0.15) is 5.82 Å². The van der Waals surface area contributed by atoms with Crippen LogP contribution in [0.25, 0.3) is 0 Å². The average Bonchev–Trinajstić information content (AvgIpc) is 3.06. The minimum absolute atomic E-state index is 0.726. The smallest absolute Gasteiger partial charge is 0.128 e. The van der Waals surface area contributed by atoms with Gasteiger partial charge >= 0.3 is 0 Å². The molecule has 2 aliphatic rings. The van der Waals surface area contributed by atoms with E-state index in [1.165, 1.54) is 31.6 Å². The van der Waals surface area contributed by atoms with Crippen molar-refractivity contribution in [2.45, 2.75) is 32.2 Å². The van der Waals surface area contributed by atoms with Crippen LogP contribution in [0.5, 0.6) is 0 Å². The maximum Gasteiger partial charge on any atom is 0.128 e. The fourth-order valence-corrected chi connectivity index (χ4v) is 2.89. The van der Waals surface area contributed by atoms with Gasteiger partial charge in [0.2, 0.25) is 0 Å². The van der Waals surface area contributed by atoms with Crippen molar-refractivity contribution in [3.05, 3.63) is 24.4 Å². The maximum absolute atomic E-state index is 4.48. The van der Waals surface area contributed by atoms with E-state index >= 15 is 0 Å². The molecule has 1 saturated carbocycles. The van der Waals surface area contributed by atoms with Gasteiger partial charge in [0.25, 0.3) is 0 Å². The van der Waals surface area contributed by atoms with E-state index in [9.17, 15) is 0 Å². The molecule has 0 amide bonds. The van der Waals surface area contributed by atoms with Gasteiger partial charge in [-0.05, 0) is 43.2 Å². The first-order valence-corrected chi connectivity index (χ1v) is 6.06. The van der Waals surface area contributed by atoms with Gasteiger partial charge < -0.3 is 4.90 Å². The fourth-order valence-electron chi connectivity index (χ4n) is 2.89. The van der Waals surface area contributed by atoms with E-state index in [0.717, 1.165) is 17.9 Å². The molecule has 80 valence electrons. The van der Waals surface area contributed by atoms with Crippen LogP contribution in [0, 0.1) is 11.8 Å². The average molecular weight is 202 g/mol. The van der Waals surface area contributed by atoms with Crippen molar-refractivity contribution in [1.82, 2.24) is 4.98 Å². The summed E-state index contributed by atoms with van der Waals surface area (Å²) in [4.78, 5) is 7.00. The minimum atomic E-state index is 0.726. The molecule has 2 nitrogen and oxygen atoms in total. The summed E-state index contributed by atoms with van der Waals surface area (Å²) in [7, 11) is 0. The second-order valence-electron chi connectivity index (χ2n) is 4.89. The first-order valence-electron chi connectivity index (χ1n) is 6.06. The summed E-state index contributed by atoms with van der Waals surface area (Å²) in [6.45, 7) is 3.53. The van der Waals surface area contributed by atoms with Crippen LogP contribution < -0.4 is 4.90 Å². The second kappa shape index (κ2) is 3.51. The van der Waals surface area contributed by atoms with E-state index in [1.54, 1.807) is 0 Å². The Kier molecular flexibility index (Phi) is 2.15. The molecule has 3 unspecified atom stereocenters. The van der Waals surface area contributed by atoms with Crippen LogP contribution in [0.2, 0.25) is 0 Å². The van der Waals surface area contributed by atoms with Crippen LogP contribution in [-0.2, 0) is 0 Å². The zero-order valence-electron chi connectivity index (χ0n) is 9.26. The number of fused-ring (bicyclic) bond motifs is 1. The largest absolute Gasteiger partial charge is 0.353 e. The van der Waals surface area contributed by atoms with Crippen molar-refractivity contribution in [2.24, 2.45) is 11.8 Å². The van der Waals surface area contributed by atoms with Crippen LogP contribution >= 0.6 is 0 Å². The number of hydrogen-bond acceptors (Lipinski definition) is 2. The zero-order chi connectivity index (χ0) is 10.3. The molecule has 2 heterocycles. The van der Waals surface area contributed by atoms with E-state index < -0.39 is 0 Å². The quantitative estimate of drug-likeness (QED) is 0.733. The Morgan fingerprint density at radius 3 is 3.00 bits per heavy atom. The molecule has 15 heavy (non-hydrogen) atoms. The normalized spacial score (nSPS) is 33.7. The molecule has 0 bridgehead atoms. The SMILES string of the molecule is CCC1CC2CC2CN1c1ccccn1. The van der Waals surface area contributed by atoms with Gasteiger partial charge in [0, 0.05) is 18.8 Å². The number of nitrogens with zero attached hydrogens (tertiary/aromatic N) is 2. The highest BCUT2D eigenvalue weighted by Crippen LogP contribution is 2.48. The van der Waals surface area contributed by atoms with Gasteiger partial charge in [-0.25, -0.2) is 4.98 Å². The molecule has 0 aromatic carbocycles. The number of anilines is 1. The molecule has 1 aromatic heterocycles. The summed E-state index contributed by atoms with van der Waals surface area (Å²) >= 11 is 0. The number of aromatic nitrogens is 1. The molecule has 0 N–H and O–H groups in total. The van der Waals surface area contributed by atoms with E-state index in [1.807, 2.05) is 12.3 Å². The molecule has 1 aliphatic carbocycles. The Labute approximate surface area is 91.3 Å². The molecule has 1 saturated heterocycles. The molecule has 3 atom stereocenters. The Hall–Kier alpha value is -1.05. The predicted molar refractivity (Wildman–Crippen MR) is 61.9 cm³/mol. The summed E-state index contributed by atoms with van der Waals surface area (Å²) in [5, 5.41) is 0. The summed E-state index contributed by atoms with van der Waals surface area (Å²) in [5.74, 6) is 3.18. The summed E-state index contributed by atoms with van der Waals surface area (Å²) < 4.78 is 0. The van der Waals surface area contributed by atoms with Crippen molar-refractivity contribution in [3.63, 3.8) is 0 Å². The van der Waals surface area contributed by atoms with Crippen LogP contribution in [0.15, 0.2) is 24.4 Å². The Balaban J connectivity index is 1.83. The van der Waals surface area contributed by atoms with Crippen LogP contribution in [-0.4, -0.2) is 17.6 Å². The second-order valence-corrected chi connectivity index (χ2v) is 4.89. The third kappa shape index (κ3) is 1.62. The summed E-state index contributed by atoms with van der Waals surface area (Å²) in [6.07, 6.45) is 6.00. The third-order valence-electron chi connectivity index (χ3n) is 3.93. The highest BCUT2D eigenvalue weighted by Gasteiger charge is 2.45. The van der Waals surface area contributed by atoms with Gasteiger partial charge in [0.05, 0.1) is 0 Å². The number of hydrogen-bond donors (Lipinski definition) is 0. The zero-order valence-corrected chi connectivity index (χ0v) is 9.26. The van der Waals surface area contributed by atoms with Crippen molar-refractivity contribution >= 4 is 5.82 Å². The summed E-state index contributed by atoms with van der Waals surface area (Å²) in [5.41, 5.74) is 0. The Morgan fingerprint density at radius 1 is 1.33 bits per heavy atom. The van der Waals surface area contributed by atoms with Gasteiger partial charge in [0.15, 0.2) is 0 Å². The van der Waals surface area contributed by atoms with Crippen LogP contribution in [0.4, 0.5) is 5.82 Å². The molecule has 3 rings (SSSR count). The third-order valence-corrected chi connectivity index (χ3v) is 3.93. The molecule has 0 radical (unpaired) electrons. The predicted octanol–water partition coefficient (Wildman–Crippen LogP) is 2.71. The van der Waals surface area contributed by atoms with Crippen molar-refractivity contribution < 1.29 is 0 Å². The molecule has 1 aliphatic heterocycles. The minimum Gasteiger partial charge on any atom is -0.353 e. The van der Waals surface area contributed by atoms with E-state index in [-0.39, 0.29) is 0 Å². The lowest BCUT2D eigenvalue weighted by molar-refractivity contribution is 0.429. The van der Waals surface area contributed by atoms with Crippen LogP contribution in [0.1, 0.15) is 26.2 Å². The van der Waals surface area contributed by atoms with Crippen molar-refractivity contribution in [2.75, 3.05) is 11.4 Å². The lowest BCUT2D eigenvalue weighted by Gasteiger charge is -2.35. The fraction of sp³-hybridized carbons (Fsp3) is 0.615. The first kappa shape index (κ1) is 9.20. The standard InChI is InChI=1S/C13H18N2/c1-2-12-8-10-7-11(10)9-15(12)13-5-3-4-6-14-13/h3-6,10-12H,2,7-9H2,1H3. The summed E-state index contributed by atoms with van der Waals surface area (Å²) in [6, 6.07) is 6.96. The monoisotopic (exact) mass is 202 g/mol. The van der Waals surface area contributed by atoms with E-state index in [0.29, 0.717) is 0 Å². The molecule has 2 fully saturated rings. The van der Waals surface area contributed by atoms with Crippen molar-refractivity contribution in [1.29, 1.82) is 0 Å². The van der Waals surface area contributed by atoms with Crippen molar-refractivity contribution in [3.8, 4) is 0 Å². The van der Waals surface area contributed by atoms with Gasteiger partial charge in [-0.3, -0.25) is 0 Å². The van der Waals surface area contributed by atoms with E-state index in [2.05, 4.69) is 28.9 Å². The lowest BCUT2D eigenvalue weighted by atomic mass is 10.00. The topological polar surface area (TPSA) is 16.1 Å². The first-order chi connectivity index (χ1) is 7.38. The number of pyridine rings is 1. The highest BCUT2D eigenvalue weighted by molar-refractivity contribution is 5.41. The molecular weight excluding hydrogens is 184 g/mol. The van der Waals surface area contributed by atoms with E-state index in [4.69, 9.17) is 0 Å². The van der Waals surface area contributed by atoms with Gasteiger partial charge in [-0.1, -0.05) is 13.0 Å². The molecule has 0 spiro atoms. The highest BCUT2D eigenvalue weighted by atomic mass is 15.2. The Morgan fingerprint density at radius 2 is 2.27 bits per heavy atom. The lowest BCUT2D eigenvalue weighted by Crippen LogP contribution is -2.40. The van der Waals surface area contributed by atoms with Gasteiger partial charge in [-0.2, -0.15) is 0 Å². The Bertz CT molecular complexity index is 336. The molecular formula is C13H18N2. The maximum atomic E-state index is 4.48. The number of piperidine rings is 1. The van der Waals surface area contributed by atoms with Gasteiger partial charge in [-0.15, -0.1) is 0 Å². The molecule has 1 aromatic rings. The molecule has 2 heteroatoms. The van der Waals surface area contributed by atoms with Crippen LogP contribution in [0.3, 0.4) is 0 Å².